The second kappa shape index (κ2) is 16.2. The summed E-state index contributed by atoms with van der Waals surface area (Å²) >= 11 is 0. The number of carbonyl (C=O) groups excluding carboxylic acids is 3. The number of anilines is 1. The van der Waals surface area contributed by atoms with Crippen LogP contribution in [-0.2, 0) is 20.9 Å². The Morgan fingerprint density at radius 1 is 0.878 bits per heavy atom. The quantitative estimate of drug-likeness (QED) is 0.150. The average Bonchev–Trinajstić information content (AvgIpc) is 3.22. The molecule has 0 saturated heterocycles. The number of para-hydroxylation sites is 1. The number of amides is 3. The van der Waals surface area contributed by atoms with Crippen molar-refractivity contribution >= 4 is 29.1 Å². The van der Waals surface area contributed by atoms with E-state index in [1.807, 2.05) is 118 Å². The number of nitrogens with two attached hydrogens (primary N) is 1. The second-order valence-corrected chi connectivity index (χ2v) is 13.0. The molecule has 0 aromatic heterocycles. The maximum Gasteiger partial charge on any atom is 0.272 e. The molecule has 1 aliphatic heterocycles. The summed E-state index contributed by atoms with van der Waals surface area (Å²) in [5.41, 5.74) is 11.7. The first-order chi connectivity index (χ1) is 23.7. The number of benzodiazepines with no additional fused rings is 1. The van der Waals surface area contributed by atoms with Gasteiger partial charge < -0.3 is 20.7 Å². The molecule has 0 radical (unpaired) electrons. The molecule has 49 heavy (non-hydrogen) atoms. The lowest BCUT2D eigenvalue weighted by atomic mass is 9.81. The molecule has 0 bridgehead atoms. The highest BCUT2D eigenvalue weighted by atomic mass is 16.5. The Hall–Kier alpha value is -5.24. The Labute approximate surface area is 289 Å². The topological polar surface area (TPSA) is 114 Å². The largest absolute Gasteiger partial charge is 0.497 e. The van der Waals surface area contributed by atoms with Crippen LogP contribution in [0.25, 0.3) is 11.1 Å². The van der Waals surface area contributed by atoms with Gasteiger partial charge in [0.25, 0.3) is 5.91 Å². The molecule has 1 unspecified atom stereocenters. The lowest BCUT2D eigenvalue weighted by Crippen LogP contribution is -2.50. The highest BCUT2D eigenvalue weighted by Crippen LogP contribution is 2.32. The Balaban J connectivity index is 1.56. The minimum absolute atomic E-state index is 0.131. The van der Waals surface area contributed by atoms with Crippen LogP contribution in [0.4, 0.5) is 5.69 Å². The number of primary amides is 1. The molecule has 0 aliphatic carbocycles. The molecule has 0 saturated carbocycles. The van der Waals surface area contributed by atoms with Gasteiger partial charge in [0.1, 0.15) is 5.75 Å². The number of unbranched alkanes of at least 4 members (excludes halogenated alkanes) is 1. The number of nitrogens with one attached hydrogen (secondary N) is 1. The maximum atomic E-state index is 14.7. The number of rotatable bonds is 14. The van der Waals surface area contributed by atoms with Gasteiger partial charge in [-0.25, -0.2) is 4.99 Å². The smallest absolute Gasteiger partial charge is 0.272 e. The SMILES string of the molecule is CCCC[C@H](C(N)=O)[C@@H](CC(C)C)C(=O)NC1N=C(c2ccccc2)c2ccccc2N(Cc2cccc(-c3ccc(OC)cc3)c2)C1=O. The van der Waals surface area contributed by atoms with Crippen LogP contribution in [0.1, 0.15) is 63.1 Å². The zero-order valence-electron chi connectivity index (χ0n) is 28.8. The zero-order valence-corrected chi connectivity index (χ0v) is 28.8. The number of carbonyl (C=O) groups is 3. The fourth-order valence-corrected chi connectivity index (χ4v) is 6.50. The van der Waals surface area contributed by atoms with Gasteiger partial charge in [-0.1, -0.05) is 112 Å². The van der Waals surface area contributed by atoms with Crippen LogP contribution >= 0.6 is 0 Å². The maximum absolute atomic E-state index is 14.7. The van der Waals surface area contributed by atoms with E-state index in [0.29, 0.717) is 24.2 Å². The second-order valence-electron chi connectivity index (χ2n) is 13.0. The van der Waals surface area contributed by atoms with Gasteiger partial charge >= 0.3 is 0 Å². The molecule has 3 amide bonds. The summed E-state index contributed by atoms with van der Waals surface area (Å²) < 4.78 is 5.33. The van der Waals surface area contributed by atoms with E-state index in [2.05, 4.69) is 11.4 Å². The van der Waals surface area contributed by atoms with Crippen molar-refractivity contribution in [2.45, 2.75) is 59.2 Å². The number of ether oxygens (including phenoxy) is 1. The summed E-state index contributed by atoms with van der Waals surface area (Å²) in [6, 6.07) is 33.3. The van der Waals surface area contributed by atoms with Crippen LogP contribution in [-0.4, -0.2) is 36.7 Å². The molecule has 3 N–H and O–H groups in total. The summed E-state index contributed by atoms with van der Waals surface area (Å²) in [6.45, 7) is 6.32. The number of aliphatic imine (C=N–C) groups is 1. The van der Waals surface area contributed by atoms with Gasteiger partial charge in [-0.15, -0.1) is 0 Å². The molecule has 3 atom stereocenters. The minimum atomic E-state index is -1.23. The Morgan fingerprint density at radius 3 is 2.24 bits per heavy atom. The standard InChI is InChI=1S/C41H46N4O4/c1-5-6-17-33(38(42)46)35(24-27(2)3)40(47)44-39-41(48)45(26-28-13-12-16-31(25-28)29-20-22-32(49-4)23-21-29)36-19-11-10-18-34(36)37(43-39)30-14-8-7-9-15-30/h7-16,18-23,25,27,33,35,39H,5-6,17,24,26H2,1-4H3,(H2,42,46)(H,44,47)/t33-,35+,39?/m0/s1. The van der Waals surface area contributed by atoms with Gasteiger partial charge in [-0.2, -0.15) is 0 Å². The molecule has 8 nitrogen and oxygen atoms in total. The van der Waals surface area contributed by atoms with Gasteiger partial charge in [-0.3, -0.25) is 14.4 Å². The fraction of sp³-hybridized carbons (Fsp3) is 0.317. The van der Waals surface area contributed by atoms with Crippen LogP contribution < -0.4 is 20.7 Å². The van der Waals surface area contributed by atoms with Crippen molar-refractivity contribution in [1.29, 1.82) is 0 Å². The summed E-state index contributed by atoms with van der Waals surface area (Å²) in [5, 5.41) is 2.99. The van der Waals surface area contributed by atoms with Gasteiger partial charge in [0.15, 0.2) is 0 Å². The number of methoxy groups -OCH3 is 1. The summed E-state index contributed by atoms with van der Waals surface area (Å²) in [4.78, 5) is 48.2. The van der Waals surface area contributed by atoms with E-state index in [0.717, 1.165) is 46.4 Å². The van der Waals surface area contributed by atoms with E-state index < -0.39 is 29.8 Å². The van der Waals surface area contributed by atoms with Gasteiger partial charge in [0, 0.05) is 23.0 Å². The number of nitrogens with zero attached hydrogens (tertiary/aromatic N) is 2. The number of hydrogen-bond acceptors (Lipinski definition) is 5. The van der Waals surface area contributed by atoms with Gasteiger partial charge in [-0.05, 0) is 59.7 Å². The molecular formula is C41H46N4O4. The monoisotopic (exact) mass is 658 g/mol. The van der Waals surface area contributed by atoms with Crippen molar-refractivity contribution in [2.24, 2.45) is 28.5 Å². The highest BCUT2D eigenvalue weighted by Gasteiger charge is 2.37. The number of benzene rings is 4. The van der Waals surface area contributed by atoms with Crippen molar-refractivity contribution < 1.29 is 19.1 Å². The molecule has 0 fully saturated rings. The van der Waals surface area contributed by atoms with Crippen molar-refractivity contribution in [2.75, 3.05) is 12.0 Å². The van der Waals surface area contributed by atoms with Crippen LogP contribution in [0.3, 0.4) is 0 Å². The van der Waals surface area contributed by atoms with Crippen molar-refractivity contribution in [3.8, 4) is 16.9 Å². The number of hydrogen-bond donors (Lipinski definition) is 2. The first-order valence-electron chi connectivity index (χ1n) is 17.1. The third kappa shape index (κ3) is 8.44. The van der Waals surface area contributed by atoms with Gasteiger partial charge in [0.2, 0.25) is 18.0 Å². The molecule has 1 aliphatic rings. The fourth-order valence-electron chi connectivity index (χ4n) is 6.50. The lowest BCUT2D eigenvalue weighted by molar-refractivity contribution is -0.136. The van der Waals surface area contributed by atoms with Crippen LogP contribution in [0.5, 0.6) is 5.75 Å². The van der Waals surface area contributed by atoms with Crippen molar-refractivity contribution in [1.82, 2.24) is 5.32 Å². The molecule has 4 aromatic rings. The summed E-state index contributed by atoms with van der Waals surface area (Å²) in [7, 11) is 1.64. The molecule has 5 rings (SSSR count). The van der Waals surface area contributed by atoms with Crippen LogP contribution in [0.2, 0.25) is 0 Å². The van der Waals surface area contributed by atoms with Crippen molar-refractivity contribution in [3.05, 3.63) is 120 Å². The predicted octanol–water partition coefficient (Wildman–Crippen LogP) is 7.14. The molecular weight excluding hydrogens is 612 g/mol. The van der Waals surface area contributed by atoms with E-state index >= 15 is 0 Å². The van der Waals surface area contributed by atoms with E-state index in [1.165, 1.54) is 0 Å². The normalized spacial score (nSPS) is 15.5. The lowest BCUT2D eigenvalue weighted by Gasteiger charge is -2.29. The average molecular weight is 659 g/mol. The summed E-state index contributed by atoms with van der Waals surface area (Å²) in [5.74, 6) is -1.68. The first-order valence-corrected chi connectivity index (χ1v) is 17.1. The Bertz CT molecular complexity index is 1780. The summed E-state index contributed by atoms with van der Waals surface area (Å²) in [6.07, 6.45) is 1.39. The first kappa shape index (κ1) is 35.1. The Kier molecular flexibility index (Phi) is 11.6. The third-order valence-corrected chi connectivity index (χ3v) is 9.01. The van der Waals surface area contributed by atoms with Gasteiger partial charge in [0.05, 0.1) is 25.1 Å². The van der Waals surface area contributed by atoms with E-state index in [1.54, 1.807) is 12.0 Å². The predicted molar refractivity (Wildman–Crippen MR) is 195 cm³/mol. The minimum Gasteiger partial charge on any atom is -0.497 e. The van der Waals surface area contributed by atoms with E-state index in [9.17, 15) is 14.4 Å². The van der Waals surface area contributed by atoms with E-state index in [-0.39, 0.29) is 18.4 Å². The zero-order chi connectivity index (χ0) is 34.9. The third-order valence-electron chi connectivity index (χ3n) is 9.01. The molecule has 254 valence electrons. The molecule has 0 spiro atoms. The Morgan fingerprint density at radius 2 is 1.57 bits per heavy atom. The van der Waals surface area contributed by atoms with Crippen LogP contribution in [0, 0.1) is 17.8 Å². The van der Waals surface area contributed by atoms with E-state index in [4.69, 9.17) is 15.5 Å². The van der Waals surface area contributed by atoms with Crippen LogP contribution in [0.15, 0.2) is 108 Å². The number of fused-ring (bicyclic) bond motifs is 1. The molecule has 8 heteroatoms. The van der Waals surface area contributed by atoms with Crippen molar-refractivity contribution in [3.63, 3.8) is 0 Å². The molecule has 4 aromatic carbocycles. The highest BCUT2D eigenvalue weighted by molar-refractivity contribution is 6.20. The molecule has 1 heterocycles.